The fourth-order valence-corrected chi connectivity index (χ4v) is 5.06. The van der Waals surface area contributed by atoms with Crippen molar-refractivity contribution in [2.45, 2.75) is 64.0 Å². The van der Waals surface area contributed by atoms with Crippen LogP contribution in [0.1, 0.15) is 62.6 Å². The van der Waals surface area contributed by atoms with Crippen molar-refractivity contribution in [1.29, 1.82) is 0 Å². The number of anilines is 1. The number of likely N-dealkylation sites (tertiary alicyclic amines) is 1. The van der Waals surface area contributed by atoms with Crippen LogP contribution in [0, 0.1) is 11.8 Å². The van der Waals surface area contributed by atoms with Gasteiger partial charge in [0.2, 0.25) is 5.91 Å². The minimum atomic E-state index is -0.141. The van der Waals surface area contributed by atoms with Gasteiger partial charge in [0.15, 0.2) is 0 Å². The Morgan fingerprint density at radius 2 is 2.04 bits per heavy atom. The fraction of sp³-hybridized carbons (Fsp3) is 0.609. The van der Waals surface area contributed by atoms with E-state index in [1.165, 1.54) is 17.5 Å². The van der Waals surface area contributed by atoms with Gasteiger partial charge in [-0.1, -0.05) is 31.2 Å². The number of benzene rings is 1. The Balaban J connectivity index is 1.63. The van der Waals surface area contributed by atoms with Crippen LogP contribution in [0.2, 0.25) is 0 Å². The molecule has 1 fully saturated rings. The average molecular weight is 369 g/mol. The Bertz CT molecular complexity index is 706. The van der Waals surface area contributed by atoms with Gasteiger partial charge in [0.1, 0.15) is 0 Å². The Morgan fingerprint density at radius 3 is 2.74 bits per heavy atom. The molecule has 146 valence electrons. The number of nitrogens with zero attached hydrogens (tertiary/aromatic N) is 1. The monoisotopic (exact) mass is 368 g/mol. The molecule has 0 radical (unpaired) electrons. The number of hydrogen-bond acceptors (Lipinski definition) is 3. The lowest BCUT2D eigenvalue weighted by Gasteiger charge is -2.41. The van der Waals surface area contributed by atoms with Crippen molar-refractivity contribution in [2.75, 3.05) is 18.4 Å². The summed E-state index contributed by atoms with van der Waals surface area (Å²) in [4.78, 5) is 14.8. The van der Waals surface area contributed by atoms with Crippen LogP contribution in [-0.4, -0.2) is 35.1 Å². The maximum Gasteiger partial charge on any atom is 0.227 e. The largest absolute Gasteiger partial charge is 0.393 e. The van der Waals surface area contributed by atoms with E-state index in [9.17, 15) is 9.90 Å². The van der Waals surface area contributed by atoms with Crippen molar-refractivity contribution >= 4 is 11.6 Å². The van der Waals surface area contributed by atoms with Crippen LogP contribution >= 0.6 is 0 Å². The van der Waals surface area contributed by atoms with E-state index in [1.807, 2.05) is 0 Å². The molecule has 0 bridgehead atoms. The van der Waals surface area contributed by atoms with E-state index >= 15 is 0 Å². The Morgan fingerprint density at radius 1 is 1.22 bits per heavy atom. The molecule has 4 rings (SSSR count). The predicted molar refractivity (Wildman–Crippen MR) is 109 cm³/mol. The highest BCUT2D eigenvalue weighted by molar-refractivity contribution is 5.95. The molecule has 0 saturated carbocycles. The van der Waals surface area contributed by atoms with Crippen molar-refractivity contribution in [2.24, 2.45) is 11.8 Å². The van der Waals surface area contributed by atoms with E-state index in [2.05, 4.69) is 47.5 Å². The molecule has 0 spiro atoms. The number of carbonyl (C=O) groups is 1. The predicted octanol–water partition coefficient (Wildman–Crippen LogP) is 4.06. The SMILES string of the molecule is CCC1Cc2cc(C(C3CC=CCC3)N3CCC(O)CC3)ccc2NC1=O. The number of aliphatic hydroxyl groups excluding tert-OH is 1. The molecule has 1 saturated heterocycles. The summed E-state index contributed by atoms with van der Waals surface area (Å²) >= 11 is 0. The van der Waals surface area contributed by atoms with Gasteiger partial charge in [0.25, 0.3) is 0 Å². The maximum atomic E-state index is 12.2. The number of allylic oxidation sites excluding steroid dienone is 2. The first kappa shape index (κ1) is 18.7. The highest BCUT2D eigenvalue weighted by Gasteiger charge is 2.33. The minimum absolute atomic E-state index is 0.0916. The number of hydrogen-bond donors (Lipinski definition) is 2. The second-order valence-corrected chi connectivity index (χ2v) is 8.47. The normalized spacial score (nSPS) is 27.9. The topological polar surface area (TPSA) is 52.6 Å². The molecule has 27 heavy (non-hydrogen) atoms. The molecule has 1 aromatic rings. The highest BCUT2D eigenvalue weighted by Crippen LogP contribution is 2.40. The molecular formula is C23H32N2O2. The number of aliphatic hydroxyl groups is 1. The van der Waals surface area contributed by atoms with Crippen molar-refractivity contribution in [3.8, 4) is 0 Å². The maximum absolute atomic E-state index is 12.2. The third kappa shape index (κ3) is 3.97. The molecule has 3 atom stereocenters. The molecule has 1 amide bonds. The Labute approximate surface area is 162 Å². The summed E-state index contributed by atoms with van der Waals surface area (Å²) in [5.74, 6) is 0.883. The van der Waals surface area contributed by atoms with Crippen LogP contribution in [0.4, 0.5) is 5.69 Å². The summed E-state index contributed by atoms with van der Waals surface area (Å²) in [6.07, 6.45) is 11.5. The van der Waals surface area contributed by atoms with Gasteiger partial charge in [-0.3, -0.25) is 9.69 Å². The van der Waals surface area contributed by atoms with Crippen LogP contribution < -0.4 is 5.32 Å². The number of fused-ring (bicyclic) bond motifs is 1. The van der Waals surface area contributed by atoms with E-state index in [0.29, 0.717) is 12.0 Å². The van der Waals surface area contributed by atoms with E-state index < -0.39 is 0 Å². The minimum Gasteiger partial charge on any atom is -0.393 e. The third-order valence-electron chi connectivity index (χ3n) is 6.71. The lowest BCUT2D eigenvalue weighted by Crippen LogP contribution is -2.41. The first-order valence-electron chi connectivity index (χ1n) is 10.7. The van der Waals surface area contributed by atoms with Crippen molar-refractivity contribution in [3.05, 3.63) is 41.5 Å². The van der Waals surface area contributed by atoms with Crippen LogP contribution in [-0.2, 0) is 11.2 Å². The molecule has 2 aliphatic heterocycles. The molecule has 1 aliphatic carbocycles. The fourth-order valence-electron chi connectivity index (χ4n) is 5.06. The zero-order chi connectivity index (χ0) is 18.8. The van der Waals surface area contributed by atoms with Gasteiger partial charge in [0, 0.05) is 30.7 Å². The number of nitrogens with one attached hydrogen (secondary N) is 1. The number of carbonyl (C=O) groups excluding carboxylic acids is 1. The van der Waals surface area contributed by atoms with Gasteiger partial charge in [0.05, 0.1) is 6.10 Å². The van der Waals surface area contributed by atoms with Crippen LogP contribution in [0.15, 0.2) is 30.4 Å². The van der Waals surface area contributed by atoms with E-state index in [0.717, 1.165) is 57.3 Å². The Hall–Kier alpha value is -1.65. The molecule has 3 aliphatic rings. The second-order valence-electron chi connectivity index (χ2n) is 8.47. The summed E-state index contributed by atoms with van der Waals surface area (Å²) in [5.41, 5.74) is 3.66. The molecule has 3 unspecified atom stereocenters. The average Bonchev–Trinajstić information content (AvgIpc) is 2.70. The van der Waals surface area contributed by atoms with Gasteiger partial charge < -0.3 is 10.4 Å². The van der Waals surface area contributed by atoms with Crippen molar-refractivity contribution in [1.82, 2.24) is 4.90 Å². The molecular weight excluding hydrogens is 336 g/mol. The van der Waals surface area contributed by atoms with Crippen LogP contribution in [0.3, 0.4) is 0 Å². The molecule has 4 nitrogen and oxygen atoms in total. The lowest BCUT2D eigenvalue weighted by molar-refractivity contribution is -0.120. The second kappa shape index (κ2) is 8.15. The standard InChI is InChI=1S/C23H32N2O2/c1-2-16-14-19-15-18(8-9-21(19)24-23(16)27)22(17-6-4-3-5-7-17)25-12-10-20(26)11-13-25/h3-4,8-9,15-17,20,22,26H,2,5-7,10-14H2,1H3,(H,24,27). The number of amides is 1. The quantitative estimate of drug-likeness (QED) is 0.788. The zero-order valence-electron chi connectivity index (χ0n) is 16.4. The van der Waals surface area contributed by atoms with E-state index in [1.54, 1.807) is 0 Å². The molecule has 4 heteroatoms. The lowest BCUT2D eigenvalue weighted by atomic mass is 9.81. The first-order chi connectivity index (χ1) is 13.2. The van der Waals surface area contributed by atoms with Gasteiger partial charge in [-0.2, -0.15) is 0 Å². The van der Waals surface area contributed by atoms with Crippen molar-refractivity contribution in [3.63, 3.8) is 0 Å². The molecule has 2 N–H and O–H groups in total. The molecule has 0 aromatic heterocycles. The van der Waals surface area contributed by atoms with Gasteiger partial charge in [-0.15, -0.1) is 0 Å². The van der Waals surface area contributed by atoms with E-state index in [-0.39, 0.29) is 17.9 Å². The zero-order valence-corrected chi connectivity index (χ0v) is 16.4. The smallest absolute Gasteiger partial charge is 0.227 e. The number of rotatable bonds is 4. The van der Waals surface area contributed by atoms with Crippen LogP contribution in [0.25, 0.3) is 0 Å². The molecule has 2 heterocycles. The summed E-state index contributed by atoms with van der Waals surface area (Å²) in [6, 6.07) is 7.09. The number of piperidine rings is 1. The summed E-state index contributed by atoms with van der Waals surface area (Å²) < 4.78 is 0. The van der Waals surface area contributed by atoms with Gasteiger partial charge >= 0.3 is 0 Å². The molecule has 1 aromatic carbocycles. The third-order valence-corrected chi connectivity index (χ3v) is 6.71. The highest BCUT2D eigenvalue weighted by atomic mass is 16.3. The first-order valence-corrected chi connectivity index (χ1v) is 10.7. The van der Waals surface area contributed by atoms with Crippen LogP contribution in [0.5, 0.6) is 0 Å². The van der Waals surface area contributed by atoms with E-state index in [4.69, 9.17) is 0 Å². The summed E-state index contributed by atoms with van der Waals surface area (Å²) in [5, 5.41) is 13.0. The van der Waals surface area contributed by atoms with Gasteiger partial charge in [-0.25, -0.2) is 0 Å². The van der Waals surface area contributed by atoms with Crippen molar-refractivity contribution < 1.29 is 9.90 Å². The Kier molecular flexibility index (Phi) is 5.65. The summed E-state index contributed by atoms with van der Waals surface area (Å²) in [6.45, 7) is 4.03. The summed E-state index contributed by atoms with van der Waals surface area (Å²) in [7, 11) is 0. The van der Waals surface area contributed by atoms with Gasteiger partial charge in [-0.05, 0) is 68.1 Å².